The number of carboxylic acids is 1. The standard InChI is InChI=1S/C31H37N3O6S/c1-2-3-4-5-9-15-25-21-28(31(37)38)33-22-27(25)30(36)34-41(39,40)26-18-16-24(17-19-26)29(35)32-20-11-10-14-23-12-7-6-8-13-23/h6-8,12-13,16-19,21-22H,2-5,9-11,14-15,20H2,1H3,(H,32,35)(H,34,36)(H,37,38)/p-1. The van der Waals surface area contributed by atoms with E-state index in [1.54, 1.807) is 0 Å². The topological polar surface area (TPSA) is 145 Å². The van der Waals surface area contributed by atoms with Crippen LogP contribution in [0, 0.1) is 0 Å². The zero-order valence-corrected chi connectivity index (χ0v) is 24.0. The van der Waals surface area contributed by atoms with Crippen LogP contribution in [0.2, 0.25) is 0 Å². The molecule has 41 heavy (non-hydrogen) atoms. The van der Waals surface area contributed by atoms with Gasteiger partial charge >= 0.3 is 0 Å². The first-order valence-electron chi connectivity index (χ1n) is 13.9. The molecule has 0 radical (unpaired) electrons. The fourth-order valence-electron chi connectivity index (χ4n) is 4.36. The van der Waals surface area contributed by atoms with Crippen molar-refractivity contribution in [3.8, 4) is 0 Å². The summed E-state index contributed by atoms with van der Waals surface area (Å²) < 4.78 is 27.9. The second-order valence-electron chi connectivity index (χ2n) is 9.84. The highest BCUT2D eigenvalue weighted by Crippen LogP contribution is 2.17. The first-order valence-corrected chi connectivity index (χ1v) is 15.4. The number of carboxylic acid groups (broad SMARTS) is 1. The van der Waals surface area contributed by atoms with Crippen LogP contribution in [-0.2, 0) is 22.9 Å². The summed E-state index contributed by atoms with van der Waals surface area (Å²) in [6, 6.07) is 16.6. The first-order chi connectivity index (χ1) is 19.7. The Morgan fingerprint density at radius 1 is 0.829 bits per heavy atom. The van der Waals surface area contributed by atoms with Crippen LogP contribution >= 0.6 is 0 Å². The first kappa shape index (κ1) is 31.5. The molecule has 0 aliphatic carbocycles. The van der Waals surface area contributed by atoms with Gasteiger partial charge in [0, 0.05) is 18.3 Å². The minimum absolute atomic E-state index is 0.0164. The van der Waals surface area contributed by atoms with Gasteiger partial charge in [-0.2, -0.15) is 0 Å². The number of amides is 2. The Bertz CT molecular complexity index is 1420. The van der Waals surface area contributed by atoms with Gasteiger partial charge in [0.15, 0.2) is 0 Å². The minimum atomic E-state index is -4.26. The van der Waals surface area contributed by atoms with Gasteiger partial charge in [-0.25, -0.2) is 13.1 Å². The van der Waals surface area contributed by atoms with Gasteiger partial charge in [0.2, 0.25) is 0 Å². The predicted octanol–water partition coefficient (Wildman–Crippen LogP) is 3.83. The molecular weight excluding hydrogens is 542 g/mol. The van der Waals surface area contributed by atoms with Crippen molar-refractivity contribution in [2.75, 3.05) is 6.54 Å². The van der Waals surface area contributed by atoms with E-state index in [4.69, 9.17) is 0 Å². The highest BCUT2D eigenvalue weighted by atomic mass is 32.2. The van der Waals surface area contributed by atoms with E-state index in [-0.39, 0.29) is 22.1 Å². The zero-order chi connectivity index (χ0) is 29.7. The van der Waals surface area contributed by atoms with E-state index in [1.165, 1.54) is 35.9 Å². The number of aromatic nitrogens is 1. The molecule has 2 aromatic carbocycles. The molecule has 0 aliphatic heterocycles. The Labute approximate surface area is 241 Å². The van der Waals surface area contributed by atoms with Gasteiger partial charge in [0.05, 0.1) is 22.1 Å². The van der Waals surface area contributed by atoms with Gasteiger partial charge in [-0.3, -0.25) is 14.6 Å². The molecule has 3 rings (SSSR count). The largest absolute Gasteiger partial charge is 0.543 e. The molecule has 1 heterocycles. The third-order valence-electron chi connectivity index (χ3n) is 6.67. The maximum Gasteiger partial charge on any atom is 0.266 e. The molecule has 0 atom stereocenters. The Kier molecular flexibility index (Phi) is 12.0. The third kappa shape index (κ3) is 9.82. The van der Waals surface area contributed by atoms with Crippen molar-refractivity contribution in [1.29, 1.82) is 0 Å². The van der Waals surface area contributed by atoms with Crippen LogP contribution in [-0.4, -0.2) is 37.7 Å². The fourth-order valence-corrected chi connectivity index (χ4v) is 5.33. The van der Waals surface area contributed by atoms with Gasteiger partial charge in [0.25, 0.3) is 21.8 Å². The number of aryl methyl sites for hydroxylation is 2. The number of unbranched alkanes of at least 4 members (excludes halogenated alkanes) is 5. The number of hydrogen-bond acceptors (Lipinski definition) is 7. The van der Waals surface area contributed by atoms with Crippen LogP contribution in [0.4, 0.5) is 0 Å². The molecule has 10 heteroatoms. The van der Waals surface area contributed by atoms with Crippen LogP contribution in [0.3, 0.4) is 0 Å². The predicted molar refractivity (Wildman–Crippen MR) is 154 cm³/mol. The SMILES string of the molecule is CCCCCCCc1cc(C(=O)[O-])ncc1C(=O)NS(=O)(=O)c1ccc(C(=O)NCCCCc2ccccc2)cc1. The number of carbonyl (C=O) groups excluding carboxylic acids is 3. The number of nitrogens with one attached hydrogen (secondary N) is 2. The second kappa shape index (κ2) is 15.7. The number of sulfonamides is 1. The number of pyridine rings is 1. The fraction of sp³-hybridized carbons (Fsp3) is 0.355. The summed E-state index contributed by atoms with van der Waals surface area (Å²) in [5.41, 5.74) is 1.59. The molecule has 1 aromatic heterocycles. The molecule has 218 valence electrons. The molecule has 2 N–H and O–H groups in total. The van der Waals surface area contributed by atoms with Crippen LogP contribution in [0.1, 0.15) is 94.2 Å². The molecule has 0 spiro atoms. The molecule has 0 saturated heterocycles. The Hall–Kier alpha value is -4.05. The van der Waals surface area contributed by atoms with E-state index >= 15 is 0 Å². The monoisotopic (exact) mass is 578 g/mol. The smallest absolute Gasteiger partial charge is 0.266 e. The van der Waals surface area contributed by atoms with Crippen LogP contribution < -0.4 is 15.1 Å². The van der Waals surface area contributed by atoms with Crippen molar-refractivity contribution in [3.63, 3.8) is 0 Å². The van der Waals surface area contributed by atoms with E-state index in [2.05, 4.69) is 29.4 Å². The summed E-state index contributed by atoms with van der Waals surface area (Å²) in [5.74, 6) is -2.71. The quantitative estimate of drug-likeness (QED) is 0.246. The summed E-state index contributed by atoms with van der Waals surface area (Å²) in [4.78, 5) is 40.3. The highest BCUT2D eigenvalue weighted by Gasteiger charge is 2.22. The number of carbonyl (C=O) groups is 3. The Balaban J connectivity index is 1.58. The lowest BCUT2D eigenvalue weighted by atomic mass is 10.0. The number of nitrogens with zero attached hydrogens (tertiary/aromatic N) is 1. The number of hydrogen-bond donors (Lipinski definition) is 2. The summed E-state index contributed by atoms with van der Waals surface area (Å²) in [6.07, 6.45) is 8.85. The lowest BCUT2D eigenvalue weighted by Crippen LogP contribution is -2.32. The Morgan fingerprint density at radius 3 is 2.20 bits per heavy atom. The lowest BCUT2D eigenvalue weighted by Gasteiger charge is -2.13. The number of rotatable bonds is 16. The van der Waals surface area contributed by atoms with E-state index < -0.39 is 21.9 Å². The van der Waals surface area contributed by atoms with E-state index in [0.29, 0.717) is 30.5 Å². The van der Waals surface area contributed by atoms with E-state index in [9.17, 15) is 27.9 Å². The zero-order valence-electron chi connectivity index (χ0n) is 23.2. The molecular formula is C31H36N3O6S-. The van der Waals surface area contributed by atoms with Gasteiger partial charge in [0.1, 0.15) is 0 Å². The average Bonchev–Trinajstić information content (AvgIpc) is 2.97. The van der Waals surface area contributed by atoms with Crippen LogP contribution in [0.5, 0.6) is 0 Å². The van der Waals surface area contributed by atoms with Crippen LogP contribution in [0.15, 0.2) is 71.8 Å². The van der Waals surface area contributed by atoms with Crippen LogP contribution in [0.25, 0.3) is 0 Å². The molecule has 0 bridgehead atoms. The molecule has 0 unspecified atom stereocenters. The van der Waals surface area contributed by atoms with Gasteiger partial charge in [-0.05, 0) is 73.6 Å². The normalized spacial score (nSPS) is 11.1. The lowest BCUT2D eigenvalue weighted by molar-refractivity contribution is -0.255. The van der Waals surface area contributed by atoms with E-state index in [1.807, 2.05) is 22.9 Å². The molecule has 9 nitrogen and oxygen atoms in total. The molecule has 0 fully saturated rings. The summed E-state index contributed by atoms with van der Waals surface area (Å²) in [5, 5.41) is 14.1. The van der Waals surface area contributed by atoms with Gasteiger partial charge in [-0.1, -0.05) is 62.9 Å². The van der Waals surface area contributed by atoms with Gasteiger partial charge < -0.3 is 15.2 Å². The summed E-state index contributed by atoms with van der Waals surface area (Å²) in [6.45, 7) is 2.59. The Morgan fingerprint density at radius 2 is 1.51 bits per heavy atom. The summed E-state index contributed by atoms with van der Waals surface area (Å²) >= 11 is 0. The minimum Gasteiger partial charge on any atom is -0.543 e. The van der Waals surface area contributed by atoms with Gasteiger partial charge in [-0.15, -0.1) is 0 Å². The molecule has 2 amide bonds. The maximum absolute atomic E-state index is 13.0. The van der Waals surface area contributed by atoms with Crippen molar-refractivity contribution >= 4 is 27.8 Å². The second-order valence-corrected chi connectivity index (χ2v) is 11.5. The number of aromatic carboxylic acids is 1. The summed E-state index contributed by atoms with van der Waals surface area (Å²) in [7, 11) is -4.26. The maximum atomic E-state index is 13.0. The van der Waals surface area contributed by atoms with Crippen molar-refractivity contribution in [1.82, 2.24) is 15.0 Å². The average molecular weight is 579 g/mol. The van der Waals surface area contributed by atoms with E-state index in [0.717, 1.165) is 51.1 Å². The van der Waals surface area contributed by atoms with Crippen molar-refractivity contribution < 1.29 is 27.9 Å². The van der Waals surface area contributed by atoms with Crippen molar-refractivity contribution in [2.24, 2.45) is 0 Å². The molecule has 0 aliphatic rings. The highest BCUT2D eigenvalue weighted by molar-refractivity contribution is 7.90. The van der Waals surface area contributed by atoms with Crippen molar-refractivity contribution in [2.45, 2.75) is 69.6 Å². The third-order valence-corrected chi connectivity index (χ3v) is 8.01. The number of benzene rings is 2. The molecule has 3 aromatic rings. The molecule has 0 saturated carbocycles. The van der Waals surface area contributed by atoms with Crippen molar-refractivity contribution in [3.05, 3.63) is 94.8 Å².